The lowest BCUT2D eigenvalue weighted by Gasteiger charge is -2.34. The van der Waals surface area contributed by atoms with Crippen molar-refractivity contribution < 1.29 is 14.7 Å². The molecule has 0 radical (unpaired) electrons. The number of aliphatic hydroxyl groups is 1. The number of benzene rings is 1. The number of hydrogen-bond acceptors (Lipinski definition) is 4. The van der Waals surface area contributed by atoms with Gasteiger partial charge in [0.1, 0.15) is 0 Å². The number of rotatable bonds is 4. The van der Waals surface area contributed by atoms with E-state index in [0.29, 0.717) is 31.6 Å². The molecule has 6 heteroatoms. The number of carbonyl (C=O) groups is 2. The van der Waals surface area contributed by atoms with Gasteiger partial charge >= 0.3 is 0 Å². The molecule has 124 valence electrons. The summed E-state index contributed by atoms with van der Waals surface area (Å²) in [5, 5.41) is 8.97. The minimum atomic E-state index is 0.0159. The molecule has 1 aromatic carbocycles. The van der Waals surface area contributed by atoms with E-state index in [1.54, 1.807) is 4.90 Å². The summed E-state index contributed by atoms with van der Waals surface area (Å²) in [5.41, 5.74) is 1.45. The van der Waals surface area contributed by atoms with Gasteiger partial charge in [-0.15, -0.1) is 0 Å². The zero-order valence-electron chi connectivity index (χ0n) is 13.3. The second kappa shape index (κ2) is 7.10. The fourth-order valence-corrected chi connectivity index (χ4v) is 3.23. The highest BCUT2D eigenvalue weighted by Gasteiger charge is 2.25. The SMILES string of the molecule is O=C(c1cccc(N2CCCC2=O)c1)N1CCN(CCO)CC1. The fraction of sp³-hybridized carbons (Fsp3) is 0.529. The Morgan fingerprint density at radius 3 is 2.57 bits per heavy atom. The largest absolute Gasteiger partial charge is 0.395 e. The first-order valence-electron chi connectivity index (χ1n) is 8.22. The van der Waals surface area contributed by atoms with Crippen molar-refractivity contribution in [3.05, 3.63) is 29.8 Å². The highest BCUT2D eigenvalue weighted by molar-refractivity contribution is 5.99. The van der Waals surface area contributed by atoms with Crippen LogP contribution in [0.5, 0.6) is 0 Å². The molecule has 6 nitrogen and oxygen atoms in total. The van der Waals surface area contributed by atoms with E-state index < -0.39 is 0 Å². The number of aliphatic hydroxyl groups excluding tert-OH is 1. The summed E-state index contributed by atoms with van der Waals surface area (Å²) < 4.78 is 0. The molecule has 2 aliphatic heterocycles. The second-order valence-corrected chi connectivity index (χ2v) is 6.06. The third kappa shape index (κ3) is 3.54. The van der Waals surface area contributed by atoms with Gasteiger partial charge in [0.05, 0.1) is 6.61 Å². The van der Waals surface area contributed by atoms with Gasteiger partial charge in [-0.3, -0.25) is 14.5 Å². The Labute approximate surface area is 136 Å². The maximum atomic E-state index is 12.7. The van der Waals surface area contributed by atoms with Gasteiger partial charge < -0.3 is 14.9 Å². The Kier molecular flexibility index (Phi) is 4.93. The van der Waals surface area contributed by atoms with Crippen LogP contribution in [0.25, 0.3) is 0 Å². The summed E-state index contributed by atoms with van der Waals surface area (Å²) in [6, 6.07) is 7.37. The highest BCUT2D eigenvalue weighted by atomic mass is 16.3. The quantitative estimate of drug-likeness (QED) is 0.881. The van der Waals surface area contributed by atoms with E-state index in [4.69, 9.17) is 5.11 Å². The zero-order chi connectivity index (χ0) is 16.2. The topological polar surface area (TPSA) is 64.1 Å². The first-order valence-corrected chi connectivity index (χ1v) is 8.22. The molecule has 2 heterocycles. The van der Waals surface area contributed by atoms with Gasteiger partial charge in [-0.05, 0) is 24.6 Å². The normalized spacial score (nSPS) is 19.4. The van der Waals surface area contributed by atoms with Crippen molar-refractivity contribution in [3.8, 4) is 0 Å². The standard InChI is InChI=1S/C17H23N3O3/c21-12-11-18-7-9-19(10-8-18)17(23)14-3-1-4-15(13-14)20-6-2-5-16(20)22/h1,3-4,13,21H,2,5-12H2. The molecular weight excluding hydrogens is 294 g/mol. The molecule has 0 bridgehead atoms. The number of piperazine rings is 1. The van der Waals surface area contributed by atoms with Crippen molar-refractivity contribution in [2.45, 2.75) is 12.8 Å². The molecule has 23 heavy (non-hydrogen) atoms. The predicted molar refractivity (Wildman–Crippen MR) is 87.5 cm³/mol. The van der Waals surface area contributed by atoms with E-state index in [1.165, 1.54) is 0 Å². The molecule has 0 saturated carbocycles. The van der Waals surface area contributed by atoms with E-state index in [-0.39, 0.29) is 18.4 Å². The van der Waals surface area contributed by atoms with Crippen LogP contribution in [0.15, 0.2) is 24.3 Å². The Bertz CT molecular complexity index is 582. The average molecular weight is 317 g/mol. The molecule has 1 aromatic rings. The summed E-state index contributed by atoms with van der Waals surface area (Å²) in [5.74, 6) is 0.148. The molecule has 0 atom stereocenters. The number of hydrogen-bond donors (Lipinski definition) is 1. The minimum absolute atomic E-state index is 0.0159. The molecule has 0 unspecified atom stereocenters. The van der Waals surface area contributed by atoms with Gasteiger partial charge in [-0.25, -0.2) is 0 Å². The van der Waals surface area contributed by atoms with Crippen LogP contribution in [0.4, 0.5) is 5.69 Å². The lowest BCUT2D eigenvalue weighted by atomic mass is 10.1. The van der Waals surface area contributed by atoms with Crippen LogP contribution >= 0.6 is 0 Å². The second-order valence-electron chi connectivity index (χ2n) is 6.06. The number of β-amino-alcohol motifs (C(OH)–C–C–N with tert-alkyl or cyclic N) is 1. The molecule has 0 aromatic heterocycles. The van der Waals surface area contributed by atoms with Crippen LogP contribution in [-0.4, -0.2) is 72.6 Å². The van der Waals surface area contributed by atoms with Crippen molar-refractivity contribution in [2.24, 2.45) is 0 Å². The Morgan fingerprint density at radius 2 is 1.91 bits per heavy atom. The van der Waals surface area contributed by atoms with Crippen LogP contribution in [0.3, 0.4) is 0 Å². The van der Waals surface area contributed by atoms with Crippen LogP contribution < -0.4 is 4.90 Å². The molecule has 1 N–H and O–H groups in total. The molecule has 2 fully saturated rings. The van der Waals surface area contributed by atoms with E-state index in [2.05, 4.69) is 4.90 Å². The van der Waals surface area contributed by atoms with Crippen LogP contribution in [-0.2, 0) is 4.79 Å². The Hall–Kier alpha value is -1.92. The van der Waals surface area contributed by atoms with Gasteiger partial charge in [0.25, 0.3) is 5.91 Å². The summed E-state index contributed by atoms with van der Waals surface area (Å²) in [6.07, 6.45) is 1.47. The molecule has 3 rings (SSSR count). The lowest BCUT2D eigenvalue weighted by Crippen LogP contribution is -2.49. The van der Waals surface area contributed by atoms with Crippen LogP contribution in [0.2, 0.25) is 0 Å². The summed E-state index contributed by atoms with van der Waals surface area (Å²) in [4.78, 5) is 30.3. The lowest BCUT2D eigenvalue weighted by molar-refractivity contribution is -0.117. The van der Waals surface area contributed by atoms with Gasteiger partial charge in [0.15, 0.2) is 0 Å². The van der Waals surface area contributed by atoms with Crippen molar-refractivity contribution in [3.63, 3.8) is 0 Å². The van der Waals surface area contributed by atoms with Gasteiger partial charge in [0.2, 0.25) is 5.91 Å². The first kappa shape index (κ1) is 16.0. The summed E-state index contributed by atoms with van der Waals surface area (Å²) in [7, 11) is 0. The molecule has 2 amide bonds. The molecule has 2 saturated heterocycles. The van der Waals surface area contributed by atoms with Gasteiger partial charge in [-0.2, -0.15) is 0 Å². The van der Waals surface area contributed by atoms with Crippen molar-refractivity contribution in [1.82, 2.24) is 9.80 Å². The monoisotopic (exact) mass is 317 g/mol. The number of carbonyl (C=O) groups excluding carboxylic acids is 2. The van der Waals surface area contributed by atoms with Crippen molar-refractivity contribution in [1.29, 1.82) is 0 Å². The third-order valence-corrected chi connectivity index (χ3v) is 4.55. The van der Waals surface area contributed by atoms with Gasteiger partial charge in [-0.1, -0.05) is 6.07 Å². The van der Waals surface area contributed by atoms with E-state index in [1.807, 2.05) is 29.2 Å². The average Bonchev–Trinajstić information content (AvgIpc) is 3.01. The van der Waals surface area contributed by atoms with E-state index in [0.717, 1.165) is 31.7 Å². The molecule has 2 aliphatic rings. The van der Waals surface area contributed by atoms with Crippen molar-refractivity contribution in [2.75, 3.05) is 50.8 Å². The molecular formula is C17H23N3O3. The van der Waals surface area contributed by atoms with E-state index >= 15 is 0 Å². The Balaban J connectivity index is 1.67. The number of amides is 2. The van der Waals surface area contributed by atoms with E-state index in [9.17, 15) is 9.59 Å². The number of nitrogens with zero attached hydrogens (tertiary/aromatic N) is 3. The van der Waals surface area contributed by atoms with Crippen molar-refractivity contribution >= 4 is 17.5 Å². The predicted octanol–water partition coefficient (Wildman–Crippen LogP) is 0.563. The molecule has 0 spiro atoms. The summed E-state index contributed by atoms with van der Waals surface area (Å²) in [6.45, 7) is 4.47. The third-order valence-electron chi connectivity index (χ3n) is 4.55. The number of anilines is 1. The first-order chi connectivity index (χ1) is 11.2. The van der Waals surface area contributed by atoms with Gasteiger partial charge in [0, 0.05) is 56.9 Å². The highest BCUT2D eigenvalue weighted by Crippen LogP contribution is 2.23. The fourth-order valence-electron chi connectivity index (χ4n) is 3.23. The van der Waals surface area contributed by atoms with Crippen LogP contribution in [0.1, 0.15) is 23.2 Å². The summed E-state index contributed by atoms with van der Waals surface area (Å²) >= 11 is 0. The maximum Gasteiger partial charge on any atom is 0.254 e. The smallest absolute Gasteiger partial charge is 0.254 e. The molecule has 0 aliphatic carbocycles. The Morgan fingerprint density at radius 1 is 1.13 bits per heavy atom. The van der Waals surface area contributed by atoms with Crippen LogP contribution in [0, 0.1) is 0 Å². The maximum absolute atomic E-state index is 12.7. The zero-order valence-corrected chi connectivity index (χ0v) is 13.3. The minimum Gasteiger partial charge on any atom is -0.395 e.